The molecule has 0 aliphatic heterocycles. The summed E-state index contributed by atoms with van der Waals surface area (Å²) < 4.78 is 0. The van der Waals surface area contributed by atoms with Crippen molar-refractivity contribution in [2.75, 3.05) is 0 Å². The lowest BCUT2D eigenvalue weighted by atomic mass is 9.96. The Bertz CT molecular complexity index is 1340. The van der Waals surface area contributed by atoms with E-state index in [9.17, 15) is 0 Å². The van der Waals surface area contributed by atoms with Crippen LogP contribution in [0.3, 0.4) is 0 Å². The largest absolute Gasteiger partial charge is 0.343 e. The van der Waals surface area contributed by atoms with Crippen LogP contribution < -0.4 is 0 Å². The summed E-state index contributed by atoms with van der Waals surface area (Å²) in [6.45, 7) is 0. The average Bonchev–Trinajstić information content (AvgIpc) is 3.19. The SMILES string of the molecule is Clc1ccc(CSc2nc(SCc3ccc(Cl)c(Cl)c3)c3c4c([nH]c3n2)CCCC4)cc1Cl. The van der Waals surface area contributed by atoms with E-state index in [1.807, 2.05) is 36.4 Å². The second-order valence-corrected chi connectivity index (χ2v) is 11.4. The van der Waals surface area contributed by atoms with Gasteiger partial charge >= 0.3 is 0 Å². The van der Waals surface area contributed by atoms with Crippen molar-refractivity contribution < 1.29 is 0 Å². The summed E-state index contributed by atoms with van der Waals surface area (Å²) in [6.07, 6.45) is 4.53. The molecule has 1 N–H and O–H groups in total. The number of aryl methyl sites for hydroxylation is 2. The molecule has 3 nitrogen and oxygen atoms in total. The van der Waals surface area contributed by atoms with E-state index < -0.39 is 0 Å². The molecule has 0 saturated carbocycles. The van der Waals surface area contributed by atoms with Crippen LogP contribution in [0.15, 0.2) is 46.6 Å². The molecule has 0 fully saturated rings. The third-order valence-electron chi connectivity index (χ3n) is 5.61. The molecule has 1 aliphatic carbocycles. The van der Waals surface area contributed by atoms with E-state index in [0.717, 1.165) is 50.9 Å². The fourth-order valence-corrected chi connectivity index (χ4v) is 6.46. The first-order valence-electron chi connectivity index (χ1n) is 10.5. The van der Waals surface area contributed by atoms with Gasteiger partial charge in [0, 0.05) is 17.2 Å². The maximum absolute atomic E-state index is 6.22. The van der Waals surface area contributed by atoms with Gasteiger partial charge in [0.05, 0.1) is 25.5 Å². The quantitative estimate of drug-likeness (QED) is 0.146. The second-order valence-electron chi connectivity index (χ2n) is 7.90. The molecule has 0 saturated heterocycles. The fourth-order valence-electron chi connectivity index (χ4n) is 3.97. The lowest BCUT2D eigenvalue weighted by molar-refractivity contribution is 0.679. The predicted molar refractivity (Wildman–Crippen MR) is 143 cm³/mol. The minimum atomic E-state index is 0.557. The summed E-state index contributed by atoms with van der Waals surface area (Å²) in [5, 5.41) is 5.15. The van der Waals surface area contributed by atoms with Crippen molar-refractivity contribution in [3.63, 3.8) is 0 Å². The normalized spacial score (nSPS) is 13.5. The Morgan fingerprint density at radius 3 is 2.06 bits per heavy atom. The molecular formula is C24H19Cl4N3S2. The zero-order valence-electron chi connectivity index (χ0n) is 17.4. The molecule has 1 aliphatic rings. The van der Waals surface area contributed by atoms with Crippen LogP contribution >= 0.6 is 69.9 Å². The van der Waals surface area contributed by atoms with Crippen LogP contribution in [0.1, 0.15) is 35.2 Å². The fraction of sp³-hybridized carbons (Fsp3) is 0.250. The van der Waals surface area contributed by atoms with Crippen LogP contribution in [0.4, 0.5) is 0 Å². The number of nitrogens with one attached hydrogen (secondary N) is 1. The highest BCUT2D eigenvalue weighted by Gasteiger charge is 2.21. The highest BCUT2D eigenvalue weighted by molar-refractivity contribution is 7.99. The van der Waals surface area contributed by atoms with E-state index in [1.165, 1.54) is 24.1 Å². The number of hydrogen-bond acceptors (Lipinski definition) is 4. The molecule has 2 heterocycles. The molecule has 2 aromatic carbocycles. The minimum Gasteiger partial charge on any atom is -0.343 e. The summed E-state index contributed by atoms with van der Waals surface area (Å²) in [5.41, 5.74) is 5.78. The molecular weight excluding hydrogens is 536 g/mol. The van der Waals surface area contributed by atoms with Crippen LogP contribution in [-0.2, 0) is 24.3 Å². The van der Waals surface area contributed by atoms with Crippen LogP contribution in [0.25, 0.3) is 11.0 Å². The zero-order valence-corrected chi connectivity index (χ0v) is 22.1. The zero-order chi connectivity index (χ0) is 22.9. The van der Waals surface area contributed by atoms with Gasteiger partial charge in [-0.25, -0.2) is 9.97 Å². The smallest absolute Gasteiger partial charge is 0.190 e. The van der Waals surface area contributed by atoms with Gasteiger partial charge in [0.25, 0.3) is 0 Å². The first-order chi connectivity index (χ1) is 16.0. The predicted octanol–water partition coefficient (Wildman–Crippen LogP) is 9.03. The van der Waals surface area contributed by atoms with Gasteiger partial charge in [0.2, 0.25) is 0 Å². The minimum absolute atomic E-state index is 0.557. The summed E-state index contributed by atoms with van der Waals surface area (Å²) in [4.78, 5) is 13.4. The Hall–Kier alpha value is -1.08. The Kier molecular flexibility index (Phi) is 7.36. The molecule has 2 aromatic heterocycles. The Morgan fingerprint density at radius 1 is 0.758 bits per heavy atom. The number of benzene rings is 2. The Balaban J connectivity index is 1.45. The molecule has 0 bridgehead atoms. The van der Waals surface area contributed by atoms with Gasteiger partial charge in [0.15, 0.2) is 5.16 Å². The highest BCUT2D eigenvalue weighted by Crippen LogP contribution is 2.37. The Labute approximate surface area is 221 Å². The van der Waals surface area contributed by atoms with E-state index in [0.29, 0.717) is 25.8 Å². The topological polar surface area (TPSA) is 41.6 Å². The molecule has 5 rings (SSSR count). The van der Waals surface area contributed by atoms with Gasteiger partial charge in [-0.1, -0.05) is 70.3 Å². The monoisotopic (exact) mass is 553 g/mol. The lowest BCUT2D eigenvalue weighted by Gasteiger charge is -2.12. The van der Waals surface area contributed by atoms with Gasteiger partial charge in [-0.3, -0.25) is 0 Å². The van der Waals surface area contributed by atoms with Gasteiger partial charge < -0.3 is 4.98 Å². The molecule has 170 valence electrons. The van der Waals surface area contributed by atoms with Crippen molar-refractivity contribution >= 4 is 81.0 Å². The molecule has 0 radical (unpaired) electrons. The van der Waals surface area contributed by atoms with E-state index in [4.69, 9.17) is 56.4 Å². The maximum atomic E-state index is 6.22. The third-order valence-corrected chi connectivity index (χ3v) is 9.05. The first kappa shape index (κ1) is 23.7. The maximum Gasteiger partial charge on any atom is 0.190 e. The van der Waals surface area contributed by atoms with Crippen LogP contribution in [0.2, 0.25) is 20.1 Å². The first-order valence-corrected chi connectivity index (χ1v) is 14.0. The number of fused-ring (bicyclic) bond motifs is 3. The van der Waals surface area contributed by atoms with Crippen molar-refractivity contribution in [1.29, 1.82) is 0 Å². The van der Waals surface area contributed by atoms with Crippen molar-refractivity contribution in [2.24, 2.45) is 0 Å². The third kappa shape index (κ3) is 5.29. The Morgan fingerprint density at radius 2 is 1.39 bits per heavy atom. The summed E-state index contributed by atoms with van der Waals surface area (Å²) >= 11 is 27.8. The van der Waals surface area contributed by atoms with Crippen molar-refractivity contribution in [2.45, 2.75) is 47.4 Å². The van der Waals surface area contributed by atoms with Crippen molar-refractivity contribution in [1.82, 2.24) is 15.0 Å². The van der Waals surface area contributed by atoms with E-state index in [1.54, 1.807) is 23.5 Å². The van der Waals surface area contributed by atoms with E-state index in [-0.39, 0.29) is 0 Å². The van der Waals surface area contributed by atoms with E-state index >= 15 is 0 Å². The number of aromatic nitrogens is 3. The van der Waals surface area contributed by atoms with Crippen molar-refractivity contribution in [3.8, 4) is 0 Å². The number of nitrogens with zero attached hydrogens (tertiary/aromatic N) is 2. The van der Waals surface area contributed by atoms with Crippen LogP contribution in [-0.4, -0.2) is 15.0 Å². The van der Waals surface area contributed by atoms with E-state index in [2.05, 4.69) is 4.98 Å². The van der Waals surface area contributed by atoms with Gasteiger partial charge in [-0.2, -0.15) is 0 Å². The molecule has 0 atom stereocenters. The summed E-state index contributed by atoms with van der Waals surface area (Å²) in [6, 6.07) is 11.5. The van der Waals surface area contributed by atoms with Gasteiger partial charge in [-0.15, -0.1) is 11.8 Å². The average molecular weight is 555 g/mol. The van der Waals surface area contributed by atoms with Crippen LogP contribution in [0.5, 0.6) is 0 Å². The number of hydrogen-bond donors (Lipinski definition) is 1. The summed E-state index contributed by atoms with van der Waals surface area (Å²) in [7, 11) is 0. The molecule has 4 aromatic rings. The number of rotatable bonds is 6. The highest BCUT2D eigenvalue weighted by atomic mass is 35.5. The van der Waals surface area contributed by atoms with Crippen molar-refractivity contribution in [3.05, 3.63) is 78.9 Å². The molecule has 9 heteroatoms. The number of H-pyrrole nitrogens is 1. The standard InChI is InChI=1S/C24H19Cl4N3S2/c25-16-7-5-13(9-18(16)27)11-32-23-21-15-3-1-2-4-20(15)29-22(21)30-24(31-23)33-12-14-6-8-17(26)19(28)10-14/h5-10H,1-4,11-12H2,(H,29,30,31). The second kappa shape index (κ2) is 10.3. The molecule has 0 unspecified atom stereocenters. The van der Waals surface area contributed by atoms with Crippen LogP contribution in [0, 0.1) is 0 Å². The lowest BCUT2D eigenvalue weighted by Crippen LogP contribution is -2.00. The number of halogens is 4. The summed E-state index contributed by atoms with van der Waals surface area (Å²) in [5.74, 6) is 1.46. The van der Waals surface area contributed by atoms with Gasteiger partial charge in [0.1, 0.15) is 10.7 Å². The number of thioether (sulfide) groups is 2. The van der Waals surface area contributed by atoms with Gasteiger partial charge in [-0.05, 0) is 66.6 Å². The number of aromatic amines is 1. The molecule has 33 heavy (non-hydrogen) atoms. The molecule has 0 amide bonds. The molecule has 0 spiro atoms.